The van der Waals surface area contributed by atoms with Crippen LogP contribution in [0, 0.1) is 13.8 Å². The van der Waals surface area contributed by atoms with Gasteiger partial charge >= 0.3 is 6.61 Å². The first-order valence-electron chi connectivity index (χ1n) is 7.93. The van der Waals surface area contributed by atoms with E-state index in [9.17, 15) is 13.6 Å². The van der Waals surface area contributed by atoms with Gasteiger partial charge in [0.25, 0.3) is 5.91 Å². The maximum Gasteiger partial charge on any atom is 0.387 e. The molecule has 7 heteroatoms. The van der Waals surface area contributed by atoms with Crippen LogP contribution in [0.5, 0.6) is 11.5 Å². The highest BCUT2D eigenvalue weighted by molar-refractivity contribution is 6.01. The highest BCUT2D eigenvalue weighted by Gasteiger charge is 2.11. The second-order valence-electron chi connectivity index (χ2n) is 5.72. The van der Waals surface area contributed by atoms with Gasteiger partial charge in [0, 0.05) is 5.56 Å². The Hall–Kier alpha value is -2.96. The molecule has 0 unspecified atom stereocenters. The second-order valence-corrected chi connectivity index (χ2v) is 5.72. The maximum atomic E-state index is 12.4. The molecular formula is C19H20F2N2O3. The van der Waals surface area contributed by atoms with Crippen LogP contribution in [0.3, 0.4) is 0 Å². The zero-order valence-corrected chi connectivity index (χ0v) is 14.8. The van der Waals surface area contributed by atoms with E-state index in [1.807, 2.05) is 32.0 Å². The Kier molecular flexibility index (Phi) is 6.66. The highest BCUT2D eigenvalue weighted by atomic mass is 19.3. The summed E-state index contributed by atoms with van der Waals surface area (Å²) in [6.45, 7) is 2.30. The summed E-state index contributed by atoms with van der Waals surface area (Å²) < 4.78 is 34.8. The molecule has 0 aliphatic carbocycles. The van der Waals surface area contributed by atoms with E-state index in [2.05, 4.69) is 15.3 Å². The summed E-state index contributed by atoms with van der Waals surface area (Å²) in [5.74, 6) is 0.120. The van der Waals surface area contributed by atoms with E-state index in [0.29, 0.717) is 17.0 Å². The van der Waals surface area contributed by atoms with Gasteiger partial charge in [0.05, 0.1) is 5.71 Å². The Morgan fingerprint density at radius 3 is 2.46 bits per heavy atom. The molecular weight excluding hydrogens is 342 g/mol. The van der Waals surface area contributed by atoms with Crippen LogP contribution in [-0.4, -0.2) is 24.8 Å². The largest absolute Gasteiger partial charge is 0.484 e. The van der Waals surface area contributed by atoms with Gasteiger partial charge in [-0.05, 0) is 56.2 Å². The third-order valence-corrected chi connectivity index (χ3v) is 3.41. The lowest BCUT2D eigenvalue weighted by Gasteiger charge is -2.10. The van der Waals surface area contributed by atoms with Crippen LogP contribution in [0.25, 0.3) is 0 Å². The number of hydrazone groups is 1. The summed E-state index contributed by atoms with van der Waals surface area (Å²) in [6.07, 6.45) is 0. The number of carbonyl (C=O) groups excluding carboxylic acids is 1. The minimum absolute atomic E-state index is 0.00974. The Morgan fingerprint density at radius 2 is 1.81 bits per heavy atom. The predicted molar refractivity (Wildman–Crippen MR) is 94.8 cm³/mol. The van der Waals surface area contributed by atoms with Crippen molar-refractivity contribution in [3.05, 3.63) is 59.2 Å². The number of nitrogens with zero attached hydrogens (tertiary/aromatic N) is 1. The number of aryl methyl sites for hydroxylation is 2. The van der Waals surface area contributed by atoms with E-state index < -0.39 is 12.5 Å². The van der Waals surface area contributed by atoms with Crippen molar-refractivity contribution in [2.24, 2.45) is 5.10 Å². The number of carbonyl (C=O) groups is 1. The number of rotatable bonds is 7. The van der Waals surface area contributed by atoms with Crippen molar-refractivity contribution in [2.75, 3.05) is 6.61 Å². The van der Waals surface area contributed by atoms with Crippen molar-refractivity contribution in [2.45, 2.75) is 27.4 Å². The molecule has 0 aromatic heterocycles. The molecule has 26 heavy (non-hydrogen) atoms. The molecule has 0 atom stereocenters. The van der Waals surface area contributed by atoms with Gasteiger partial charge in [-0.3, -0.25) is 4.79 Å². The number of hydrogen-bond acceptors (Lipinski definition) is 4. The summed E-state index contributed by atoms with van der Waals surface area (Å²) >= 11 is 0. The van der Waals surface area contributed by atoms with E-state index in [0.717, 1.165) is 11.1 Å². The van der Waals surface area contributed by atoms with E-state index in [1.54, 1.807) is 25.1 Å². The third-order valence-electron chi connectivity index (χ3n) is 3.41. The van der Waals surface area contributed by atoms with Gasteiger partial charge in [0.15, 0.2) is 6.61 Å². The molecule has 0 aliphatic rings. The molecule has 1 N–H and O–H groups in total. The van der Waals surface area contributed by atoms with Gasteiger partial charge in [-0.1, -0.05) is 18.2 Å². The van der Waals surface area contributed by atoms with Crippen LogP contribution in [0.2, 0.25) is 0 Å². The molecule has 0 saturated heterocycles. The van der Waals surface area contributed by atoms with Crippen molar-refractivity contribution in [3.8, 4) is 11.5 Å². The Balaban J connectivity index is 1.97. The fraction of sp³-hybridized carbons (Fsp3) is 0.263. The minimum Gasteiger partial charge on any atom is -0.484 e. The molecule has 0 fully saturated rings. The Labute approximate surface area is 150 Å². The normalized spacial score (nSPS) is 11.4. The molecule has 0 spiro atoms. The van der Waals surface area contributed by atoms with Crippen molar-refractivity contribution < 1.29 is 23.0 Å². The average molecular weight is 362 g/mol. The summed E-state index contributed by atoms with van der Waals surface area (Å²) in [4.78, 5) is 11.9. The molecule has 2 rings (SSSR count). The summed E-state index contributed by atoms with van der Waals surface area (Å²) in [7, 11) is 0. The zero-order chi connectivity index (χ0) is 19.1. The summed E-state index contributed by atoms with van der Waals surface area (Å²) in [5.41, 5.74) is 5.11. The number of ether oxygens (including phenoxy) is 2. The van der Waals surface area contributed by atoms with Gasteiger partial charge in [-0.15, -0.1) is 0 Å². The number of halogens is 2. The second kappa shape index (κ2) is 8.94. The first-order valence-corrected chi connectivity index (χ1v) is 7.93. The van der Waals surface area contributed by atoms with Gasteiger partial charge in [0.1, 0.15) is 11.5 Å². The van der Waals surface area contributed by atoms with Crippen LogP contribution >= 0.6 is 0 Å². The van der Waals surface area contributed by atoms with Gasteiger partial charge in [-0.2, -0.15) is 13.9 Å². The fourth-order valence-corrected chi connectivity index (χ4v) is 2.37. The molecule has 2 aromatic rings. The molecule has 0 bridgehead atoms. The van der Waals surface area contributed by atoms with Crippen molar-refractivity contribution in [1.29, 1.82) is 0 Å². The standard InChI is InChI=1S/C19H20F2N2O3/c1-12-8-13(2)10-15(9-12)25-11-18(24)23-22-14(3)16-6-4-5-7-17(16)26-19(20)21/h4-10,19H,11H2,1-3H3,(H,23,24)/b22-14-. The molecule has 0 radical (unpaired) electrons. The maximum absolute atomic E-state index is 12.4. The Morgan fingerprint density at radius 1 is 1.15 bits per heavy atom. The number of benzene rings is 2. The fourth-order valence-electron chi connectivity index (χ4n) is 2.37. The minimum atomic E-state index is -2.94. The molecule has 5 nitrogen and oxygen atoms in total. The van der Waals surface area contributed by atoms with Crippen molar-refractivity contribution in [3.63, 3.8) is 0 Å². The van der Waals surface area contributed by atoms with Crippen molar-refractivity contribution >= 4 is 11.6 Å². The zero-order valence-electron chi connectivity index (χ0n) is 14.8. The Bertz CT molecular complexity index is 787. The van der Waals surface area contributed by atoms with Gasteiger partial charge < -0.3 is 9.47 Å². The summed E-state index contributed by atoms with van der Waals surface area (Å²) in [5, 5.41) is 3.92. The first-order chi connectivity index (χ1) is 12.3. The number of alkyl halides is 2. The SMILES string of the molecule is C/C(=N/NC(=O)COc1cc(C)cc(C)c1)c1ccccc1OC(F)F. The number of nitrogens with one attached hydrogen (secondary N) is 1. The van der Waals surface area contributed by atoms with E-state index in [-0.39, 0.29) is 12.4 Å². The molecule has 0 aliphatic heterocycles. The number of hydrogen-bond donors (Lipinski definition) is 1. The van der Waals surface area contributed by atoms with Crippen LogP contribution in [0.4, 0.5) is 8.78 Å². The van der Waals surface area contributed by atoms with Crippen LogP contribution < -0.4 is 14.9 Å². The predicted octanol–water partition coefficient (Wildman–Crippen LogP) is 3.82. The van der Waals surface area contributed by atoms with Crippen molar-refractivity contribution in [1.82, 2.24) is 5.43 Å². The van der Waals surface area contributed by atoms with Gasteiger partial charge in [0.2, 0.25) is 0 Å². The summed E-state index contributed by atoms with van der Waals surface area (Å²) in [6, 6.07) is 11.9. The topological polar surface area (TPSA) is 59.9 Å². The lowest BCUT2D eigenvalue weighted by atomic mass is 10.1. The monoisotopic (exact) mass is 362 g/mol. The van der Waals surface area contributed by atoms with Crippen LogP contribution in [-0.2, 0) is 4.79 Å². The molecule has 0 heterocycles. The number of amides is 1. The smallest absolute Gasteiger partial charge is 0.387 e. The highest BCUT2D eigenvalue weighted by Crippen LogP contribution is 2.21. The van der Waals surface area contributed by atoms with Crippen LogP contribution in [0.1, 0.15) is 23.6 Å². The lowest BCUT2D eigenvalue weighted by molar-refractivity contribution is -0.123. The molecule has 0 saturated carbocycles. The molecule has 1 amide bonds. The van der Waals surface area contributed by atoms with Gasteiger partial charge in [-0.25, -0.2) is 5.43 Å². The first kappa shape index (κ1) is 19.4. The molecule has 138 valence electrons. The van der Waals surface area contributed by atoms with E-state index >= 15 is 0 Å². The third kappa shape index (κ3) is 5.84. The number of para-hydroxylation sites is 1. The quantitative estimate of drug-likeness (QED) is 0.602. The van der Waals surface area contributed by atoms with E-state index in [4.69, 9.17) is 4.74 Å². The average Bonchev–Trinajstić information content (AvgIpc) is 2.57. The van der Waals surface area contributed by atoms with E-state index in [1.165, 1.54) is 6.07 Å². The molecule has 2 aromatic carbocycles. The van der Waals surface area contributed by atoms with Crippen LogP contribution in [0.15, 0.2) is 47.6 Å². The lowest BCUT2D eigenvalue weighted by Crippen LogP contribution is -2.25.